The molecular formula is C23H23N3O3. The lowest BCUT2D eigenvalue weighted by molar-refractivity contribution is 0.559. The zero-order chi connectivity index (χ0) is 20.7. The van der Waals surface area contributed by atoms with Crippen LogP contribution in [0.1, 0.15) is 22.4 Å². The molecule has 0 bridgehead atoms. The minimum atomic E-state index is -0.399. The third kappa shape index (κ3) is 3.27. The third-order valence-electron chi connectivity index (χ3n) is 5.45. The van der Waals surface area contributed by atoms with Gasteiger partial charge >= 0.3 is 5.63 Å². The lowest BCUT2D eigenvalue weighted by Crippen LogP contribution is -2.21. The highest BCUT2D eigenvalue weighted by molar-refractivity contribution is 5.82. The van der Waals surface area contributed by atoms with E-state index in [4.69, 9.17) is 4.42 Å². The highest BCUT2D eigenvalue weighted by Gasteiger charge is 2.16. The Bertz CT molecular complexity index is 1330. The normalized spacial score (nSPS) is 11.2. The molecule has 4 rings (SSSR count). The van der Waals surface area contributed by atoms with Gasteiger partial charge in [0.05, 0.1) is 11.4 Å². The number of nitrogens with one attached hydrogen (secondary N) is 1. The van der Waals surface area contributed by atoms with E-state index in [2.05, 4.69) is 5.32 Å². The smallest absolute Gasteiger partial charge is 0.336 e. The number of para-hydroxylation sites is 1. The summed E-state index contributed by atoms with van der Waals surface area (Å²) in [5, 5.41) is 4.12. The maximum Gasteiger partial charge on any atom is 0.336 e. The van der Waals surface area contributed by atoms with Gasteiger partial charge in [-0.15, -0.1) is 0 Å². The van der Waals surface area contributed by atoms with Crippen LogP contribution in [-0.4, -0.2) is 9.36 Å². The number of fused-ring (bicyclic) bond motifs is 1. The van der Waals surface area contributed by atoms with E-state index in [1.54, 1.807) is 4.68 Å². The first-order chi connectivity index (χ1) is 13.9. The first-order valence-electron chi connectivity index (χ1n) is 9.48. The van der Waals surface area contributed by atoms with Crippen LogP contribution in [-0.2, 0) is 13.6 Å². The SMILES string of the molecule is Cc1cc2oc(=O)cc(CNc3c(C)n(C)n(-c4ccccc4)c3=O)c2cc1C. The summed E-state index contributed by atoms with van der Waals surface area (Å²) in [4.78, 5) is 25.1. The van der Waals surface area contributed by atoms with Gasteiger partial charge in [-0.1, -0.05) is 18.2 Å². The van der Waals surface area contributed by atoms with E-state index < -0.39 is 5.63 Å². The van der Waals surface area contributed by atoms with Crippen LogP contribution >= 0.6 is 0 Å². The van der Waals surface area contributed by atoms with Crippen LogP contribution in [0.2, 0.25) is 0 Å². The summed E-state index contributed by atoms with van der Waals surface area (Å²) in [5.41, 5.74) is 5.15. The van der Waals surface area contributed by atoms with E-state index in [-0.39, 0.29) is 5.56 Å². The summed E-state index contributed by atoms with van der Waals surface area (Å²) in [7, 11) is 1.85. The molecule has 0 aliphatic heterocycles. The molecule has 1 N–H and O–H groups in total. The first kappa shape index (κ1) is 18.8. The molecule has 6 nitrogen and oxygen atoms in total. The number of hydrogen-bond acceptors (Lipinski definition) is 4. The number of aryl methyl sites for hydroxylation is 2. The Morgan fingerprint density at radius 3 is 2.38 bits per heavy atom. The Kier molecular flexibility index (Phi) is 4.62. The molecule has 2 heterocycles. The number of nitrogens with zero attached hydrogens (tertiary/aromatic N) is 2. The van der Waals surface area contributed by atoms with E-state index in [9.17, 15) is 9.59 Å². The standard InChI is InChI=1S/C23H23N3O3/c1-14-10-19-17(12-21(27)29-20(19)11-15(14)2)13-24-22-16(3)25(4)26(23(22)28)18-8-6-5-7-9-18/h5-12,24H,13H2,1-4H3. The highest BCUT2D eigenvalue weighted by atomic mass is 16.4. The van der Waals surface area contributed by atoms with Crippen molar-refractivity contribution < 1.29 is 4.42 Å². The monoisotopic (exact) mass is 389 g/mol. The molecule has 0 saturated carbocycles. The molecule has 0 aliphatic carbocycles. The van der Waals surface area contributed by atoms with Gasteiger partial charge in [-0.3, -0.25) is 9.48 Å². The molecule has 0 radical (unpaired) electrons. The quantitative estimate of drug-likeness (QED) is 0.539. The van der Waals surface area contributed by atoms with Gasteiger partial charge in [0.25, 0.3) is 5.56 Å². The fraction of sp³-hybridized carbons (Fsp3) is 0.217. The molecule has 2 aromatic heterocycles. The molecule has 6 heteroatoms. The van der Waals surface area contributed by atoms with Gasteiger partial charge in [0.2, 0.25) is 0 Å². The van der Waals surface area contributed by atoms with Crippen molar-refractivity contribution in [2.24, 2.45) is 7.05 Å². The fourth-order valence-electron chi connectivity index (χ4n) is 3.58. The molecule has 0 atom stereocenters. The molecule has 0 aliphatic rings. The van der Waals surface area contributed by atoms with Gasteiger partial charge in [0.15, 0.2) is 0 Å². The minimum Gasteiger partial charge on any atom is -0.423 e. The predicted octanol–water partition coefficient (Wildman–Crippen LogP) is 3.82. The van der Waals surface area contributed by atoms with Gasteiger partial charge in [0.1, 0.15) is 11.3 Å². The molecule has 148 valence electrons. The largest absolute Gasteiger partial charge is 0.423 e. The van der Waals surface area contributed by atoms with Crippen LogP contribution in [0.3, 0.4) is 0 Å². The van der Waals surface area contributed by atoms with Crippen molar-refractivity contribution in [2.75, 3.05) is 5.32 Å². The number of hydrogen-bond donors (Lipinski definition) is 1. The molecule has 29 heavy (non-hydrogen) atoms. The van der Waals surface area contributed by atoms with Gasteiger partial charge in [-0.05, 0) is 61.7 Å². The van der Waals surface area contributed by atoms with E-state index in [0.29, 0.717) is 17.8 Å². The molecule has 2 aromatic carbocycles. The topological polar surface area (TPSA) is 69.2 Å². The van der Waals surface area contributed by atoms with Crippen LogP contribution in [0.15, 0.2) is 62.5 Å². The Morgan fingerprint density at radius 2 is 1.66 bits per heavy atom. The number of rotatable bonds is 4. The number of anilines is 1. The molecule has 0 spiro atoms. The predicted molar refractivity (Wildman–Crippen MR) is 115 cm³/mol. The first-order valence-corrected chi connectivity index (χ1v) is 9.48. The second kappa shape index (κ2) is 7.13. The third-order valence-corrected chi connectivity index (χ3v) is 5.45. The second-order valence-corrected chi connectivity index (χ2v) is 7.31. The van der Waals surface area contributed by atoms with Crippen LogP contribution < -0.4 is 16.5 Å². The lowest BCUT2D eigenvalue weighted by atomic mass is 10.0. The van der Waals surface area contributed by atoms with Crippen molar-refractivity contribution in [3.63, 3.8) is 0 Å². The van der Waals surface area contributed by atoms with E-state index in [0.717, 1.165) is 33.5 Å². The molecular weight excluding hydrogens is 366 g/mol. The van der Waals surface area contributed by atoms with Crippen LogP contribution in [0.4, 0.5) is 5.69 Å². The molecule has 0 amide bonds. The highest BCUT2D eigenvalue weighted by Crippen LogP contribution is 2.23. The van der Waals surface area contributed by atoms with E-state index in [1.807, 2.05) is 75.0 Å². The van der Waals surface area contributed by atoms with Gasteiger partial charge < -0.3 is 9.73 Å². The van der Waals surface area contributed by atoms with Gasteiger partial charge in [-0.2, -0.15) is 0 Å². The number of aromatic nitrogens is 2. The zero-order valence-electron chi connectivity index (χ0n) is 16.9. The minimum absolute atomic E-state index is 0.129. The van der Waals surface area contributed by atoms with Gasteiger partial charge in [0, 0.05) is 25.0 Å². The van der Waals surface area contributed by atoms with Crippen LogP contribution in [0.25, 0.3) is 16.7 Å². The lowest BCUT2D eigenvalue weighted by Gasteiger charge is -2.09. The fourth-order valence-corrected chi connectivity index (χ4v) is 3.58. The second-order valence-electron chi connectivity index (χ2n) is 7.31. The van der Waals surface area contributed by atoms with Gasteiger partial charge in [-0.25, -0.2) is 9.48 Å². The molecule has 0 fully saturated rings. The summed E-state index contributed by atoms with van der Waals surface area (Å²) in [6.45, 7) is 6.25. The van der Waals surface area contributed by atoms with E-state index >= 15 is 0 Å². The Labute approximate surface area is 168 Å². The maximum atomic E-state index is 13.1. The zero-order valence-corrected chi connectivity index (χ0v) is 16.9. The molecule has 0 saturated heterocycles. The average Bonchev–Trinajstić information content (AvgIpc) is 2.90. The van der Waals surface area contributed by atoms with Crippen molar-refractivity contribution in [3.05, 3.63) is 91.7 Å². The van der Waals surface area contributed by atoms with Crippen LogP contribution in [0, 0.1) is 20.8 Å². The Balaban J connectivity index is 1.75. The van der Waals surface area contributed by atoms with Crippen molar-refractivity contribution in [3.8, 4) is 5.69 Å². The van der Waals surface area contributed by atoms with Crippen molar-refractivity contribution in [1.29, 1.82) is 0 Å². The Hall–Kier alpha value is -3.54. The summed E-state index contributed by atoms with van der Waals surface area (Å²) >= 11 is 0. The van der Waals surface area contributed by atoms with Crippen LogP contribution in [0.5, 0.6) is 0 Å². The van der Waals surface area contributed by atoms with Crippen molar-refractivity contribution >= 4 is 16.7 Å². The summed E-state index contributed by atoms with van der Waals surface area (Å²) in [6.07, 6.45) is 0. The van der Waals surface area contributed by atoms with E-state index in [1.165, 1.54) is 6.07 Å². The number of benzene rings is 2. The Morgan fingerprint density at radius 1 is 0.966 bits per heavy atom. The summed E-state index contributed by atoms with van der Waals surface area (Å²) in [5.74, 6) is 0. The summed E-state index contributed by atoms with van der Waals surface area (Å²) < 4.78 is 8.82. The maximum absolute atomic E-state index is 13.1. The van der Waals surface area contributed by atoms with Crippen molar-refractivity contribution in [1.82, 2.24) is 9.36 Å². The average molecular weight is 389 g/mol. The van der Waals surface area contributed by atoms with Crippen molar-refractivity contribution in [2.45, 2.75) is 27.3 Å². The summed E-state index contributed by atoms with van der Waals surface area (Å²) in [6, 6.07) is 14.9. The molecule has 4 aromatic rings. The molecule has 0 unspecified atom stereocenters.